The maximum absolute atomic E-state index is 5.90. The SMILES string of the molecule is COc1cccc(Sc2ccc(Cl)cc2N)c1. The first kappa shape index (κ1) is 12.1. The molecule has 0 saturated heterocycles. The molecule has 0 spiro atoms. The molecule has 88 valence electrons. The monoisotopic (exact) mass is 265 g/mol. The van der Waals surface area contributed by atoms with Crippen molar-refractivity contribution in [2.45, 2.75) is 9.79 Å². The molecule has 2 N–H and O–H groups in total. The van der Waals surface area contributed by atoms with Crippen molar-refractivity contribution < 1.29 is 4.74 Å². The zero-order valence-electron chi connectivity index (χ0n) is 9.31. The lowest BCUT2D eigenvalue weighted by Crippen LogP contribution is -1.88. The fourth-order valence-electron chi connectivity index (χ4n) is 1.40. The van der Waals surface area contributed by atoms with E-state index in [-0.39, 0.29) is 0 Å². The number of methoxy groups -OCH3 is 1. The average Bonchev–Trinajstić information content (AvgIpc) is 2.33. The summed E-state index contributed by atoms with van der Waals surface area (Å²) in [6.07, 6.45) is 0. The second-order valence-corrected chi connectivity index (χ2v) is 5.01. The Kier molecular flexibility index (Phi) is 3.82. The summed E-state index contributed by atoms with van der Waals surface area (Å²) in [6, 6.07) is 13.4. The first-order valence-electron chi connectivity index (χ1n) is 5.06. The number of nitrogen functional groups attached to an aromatic ring is 1. The molecule has 0 aromatic heterocycles. The molecule has 2 aromatic carbocycles. The molecule has 0 radical (unpaired) electrons. The maximum Gasteiger partial charge on any atom is 0.119 e. The minimum atomic E-state index is 0.650. The van der Waals surface area contributed by atoms with E-state index in [0.29, 0.717) is 10.7 Å². The Bertz CT molecular complexity index is 531. The molecule has 0 amide bonds. The molecule has 2 aromatic rings. The Labute approximate surface area is 110 Å². The van der Waals surface area contributed by atoms with Gasteiger partial charge in [-0.2, -0.15) is 0 Å². The van der Waals surface area contributed by atoms with E-state index in [1.165, 1.54) is 0 Å². The highest BCUT2D eigenvalue weighted by molar-refractivity contribution is 7.99. The van der Waals surface area contributed by atoms with Gasteiger partial charge in [0.2, 0.25) is 0 Å². The molecule has 0 aliphatic rings. The third-order valence-electron chi connectivity index (χ3n) is 2.24. The standard InChI is InChI=1S/C13H12ClNOS/c1-16-10-3-2-4-11(8-10)17-13-6-5-9(14)7-12(13)15/h2-8H,15H2,1H3. The van der Waals surface area contributed by atoms with Gasteiger partial charge in [0.25, 0.3) is 0 Å². The summed E-state index contributed by atoms with van der Waals surface area (Å²) in [4.78, 5) is 2.07. The van der Waals surface area contributed by atoms with Crippen LogP contribution in [0.1, 0.15) is 0 Å². The van der Waals surface area contributed by atoms with Crippen LogP contribution in [0.15, 0.2) is 52.3 Å². The Morgan fingerprint density at radius 1 is 1.18 bits per heavy atom. The van der Waals surface area contributed by atoms with Crippen LogP contribution in [0, 0.1) is 0 Å². The van der Waals surface area contributed by atoms with Crippen molar-refractivity contribution in [2.75, 3.05) is 12.8 Å². The Balaban J connectivity index is 2.25. The number of hydrogen-bond acceptors (Lipinski definition) is 3. The van der Waals surface area contributed by atoms with Crippen LogP contribution in [0.3, 0.4) is 0 Å². The van der Waals surface area contributed by atoms with Gasteiger partial charge in [-0.15, -0.1) is 0 Å². The van der Waals surface area contributed by atoms with Crippen molar-refractivity contribution in [1.29, 1.82) is 0 Å². The number of rotatable bonds is 3. The third-order valence-corrected chi connectivity index (χ3v) is 3.56. The van der Waals surface area contributed by atoms with Crippen LogP contribution in [0.5, 0.6) is 5.75 Å². The van der Waals surface area contributed by atoms with Crippen LogP contribution in [0.25, 0.3) is 0 Å². The molecule has 17 heavy (non-hydrogen) atoms. The lowest BCUT2D eigenvalue weighted by atomic mass is 10.3. The van der Waals surface area contributed by atoms with Crippen molar-refractivity contribution in [3.8, 4) is 5.75 Å². The topological polar surface area (TPSA) is 35.2 Å². The molecule has 0 heterocycles. The molecule has 0 fully saturated rings. The molecule has 0 bridgehead atoms. The highest BCUT2D eigenvalue weighted by Crippen LogP contribution is 2.34. The number of hydrogen-bond donors (Lipinski definition) is 1. The maximum atomic E-state index is 5.90. The fourth-order valence-corrected chi connectivity index (χ4v) is 2.47. The minimum Gasteiger partial charge on any atom is -0.497 e. The Hall–Kier alpha value is -1.32. The molecule has 0 atom stereocenters. The molecule has 0 aliphatic carbocycles. The van der Waals surface area contributed by atoms with Gasteiger partial charge in [0.15, 0.2) is 0 Å². The lowest BCUT2D eigenvalue weighted by Gasteiger charge is -2.07. The first-order valence-corrected chi connectivity index (χ1v) is 6.25. The van der Waals surface area contributed by atoms with Crippen molar-refractivity contribution in [1.82, 2.24) is 0 Å². The van der Waals surface area contributed by atoms with Crippen LogP contribution in [0.4, 0.5) is 5.69 Å². The summed E-state index contributed by atoms with van der Waals surface area (Å²) >= 11 is 7.45. The van der Waals surface area contributed by atoms with Gasteiger partial charge in [-0.3, -0.25) is 0 Å². The summed E-state index contributed by atoms with van der Waals surface area (Å²) < 4.78 is 5.18. The van der Waals surface area contributed by atoms with Crippen LogP contribution >= 0.6 is 23.4 Å². The highest BCUT2D eigenvalue weighted by atomic mass is 35.5. The number of ether oxygens (including phenoxy) is 1. The van der Waals surface area contributed by atoms with Crippen molar-refractivity contribution in [3.05, 3.63) is 47.5 Å². The van der Waals surface area contributed by atoms with Gasteiger partial charge in [0.05, 0.1) is 7.11 Å². The van der Waals surface area contributed by atoms with Gasteiger partial charge in [-0.25, -0.2) is 0 Å². The molecule has 4 heteroatoms. The Morgan fingerprint density at radius 3 is 2.71 bits per heavy atom. The third kappa shape index (κ3) is 3.08. The quantitative estimate of drug-likeness (QED) is 0.850. The second-order valence-electron chi connectivity index (χ2n) is 3.46. The van der Waals surface area contributed by atoms with E-state index in [0.717, 1.165) is 15.5 Å². The molecule has 2 nitrogen and oxygen atoms in total. The molecule has 2 rings (SSSR count). The summed E-state index contributed by atoms with van der Waals surface area (Å²) in [5.41, 5.74) is 6.59. The minimum absolute atomic E-state index is 0.650. The second kappa shape index (κ2) is 5.34. The smallest absolute Gasteiger partial charge is 0.119 e. The normalized spacial score (nSPS) is 10.2. The zero-order valence-corrected chi connectivity index (χ0v) is 10.9. The number of benzene rings is 2. The molecule has 0 aliphatic heterocycles. The summed E-state index contributed by atoms with van der Waals surface area (Å²) in [5.74, 6) is 0.836. The summed E-state index contributed by atoms with van der Waals surface area (Å²) in [6.45, 7) is 0. The average molecular weight is 266 g/mol. The van der Waals surface area contributed by atoms with Gasteiger partial charge < -0.3 is 10.5 Å². The van der Waals surface area contributed by atoms with E-state index in [1.54, 1.807) is 24.9 Å². The molecule has 0 saturated carbocycles. The van der Waals surface area contributed by atoms with Crippen molar-refractivity contribution in [3.63, 3.8) is 0 Å². The lowest BCUT2D eigenvalue weighted by molar-refractivity contribution is 0.413. The first-order chi connectivity index (χ1) is 8.19. The van der Waals surface area contributed by atoms with E-state index >= 15 is 0 Å². The highest BCUT2D eigenvalue weighted by Gasteiger charge is 2.03. The fraction of sp³-hybridized carbons (Fsp3) is 0.0769. The van der Waals surface area contributed by atoms with Crippen molar-refractivity contribution in [2.24, 2.45) is 0 Å². The van der Waals surface area contributed by atoms with Gasteiger partial charge in [0.1, 0.15) is 5.75 Å². The van der Waals surface area contributed by atoms with E-state index in [9.17, 15) is 0 Å². The van der Waals surface area contributed by atoms with E-state index in [4.69, 9.17) is 22.1 Å². The van der Waals surface area contributed by atoms with E-state index in [1.807, 2.05) is 36.4 Å². The van der Waals surface area contributed by atoms with E-state index < -0.39 is 0 Å². The molecule has 0 unspecified atom stereocenters. The van der Waals surface area contributed by atoms with Crippen LogP contribution in [-0.4, -0.2) is 7.11 Å². The van der Waals surface area contributed by atoms with Crippen LogP contribution < -0.4 is 10.5 Å². The van der Waals surface area contributed by atoms with Crippen LogP contribution in [-0.2, 0) is 0 Å². The van der Waals surface area contributed by atoms with Gasteiger partial charge >= 0.3 is 0 Å². The number of anilines is 1. The van der Waals surface area contributed by atoms with E-state index in [2.05, 4.69) is 0 Å². The predicted molar refractivity (Wildman–Crippen MR) is 73.0 cm³/mol. The van der Waals surface area contributed by atoms with Crippen molar-refractivity contribution >= 4 is 29.1 Å². The largest absolute Gasteiger partial charge is 0.497 e. The molecular formula is C13H12ClNOS. The Morgan fingerprint density at radius 2 is 2.00 bits per heavy atom. The number of nitrogens with two attached hydrogens (primary N) is 1. The summed E-state index contributed by atoms with van der Waals surface area (Å²) in [5, 5.41) is 0.650. The number of halogens is 1. The summed E-state index contributed by atoms with van der Waals surface area (Å²) in [7, 11) is 1.65. The van der Waals surface area contributed by atoms with Gasteiger partial charge in [-0.05, 0) is 36.4 Å². The molecular weight excluding hydrogens is 254 g/mol. The van der Waals surface area contributed by atoms with Gasteiger partial charge in [-0.1, -0.05) is 29.4 Å². The van der Waals surface area contributed by atoms with Gasteiger partial charge in [0, 0.05) is 20.5 Å². The van der Waals surface area contributed by atoms with Crippen LogP contribution in [0.2, 0.25) is 5.02 Å². The zero-order chi connectivity index (χ0) is 12.3. The predicted octanol–water partition coefficient (Wildman–Crippen LogP) is 4.08.